The molecule has 4 heteroatoms. The third kappa shape index (κ3) is 2.76. The zero-order valence-electron chi connectivity index (χ0n) is 10.7. The van der Waals surface area contributed by atoms with Gasteiger partial charge in [0.2, 0.25) is 0 Å². The second-order valence-electron chi connectivity index (χ2n) is 4.88. The minimum absolute atomic E-state index is 0.127. The summed E-state index contributed by atoms with van der Waals surface area (Å²) in [5.41, 5.74) is 6.66. The molecule has 1 aliphatic rings. The van der Waals surface area contributed by atoms with Gasteiger partial charge in [0.15, 0.2) is 0 Å². The van der Waals surface area contributed by atoms with Crippen molar-refractivity contribution in [3.05, 3.63) is 34.1 Å². The molecule has 0 spiro atoms. The Hall–Kier alpha value is -0.450. The first-order valence-electron chi connectivity index (χ1n) is 6.56. The molecule has 0 radical (unpaired) electrons. The molecule has 1 aromatic rings. The van der Waals surface area contributed by atoms with Crippen LogP contribution in [0.2, 0.25) is 0 Å². The molecule has 1 saturated heterocycles. The van der Waals surface area contributed by atoms with Crippen LogP contribution in [0.3, 0.4) is 0 Å². The normalized spacial score (nSPS) is 25.3. The smallest absolute Gasteiger partial charge is 0.129 e. The summed E-state index contributed by atoms with van der Waals surface area (Å²) in [6.07, 6.45) is 2.25. The molecule has 1 heterocycles. The largest absolute Gasteiger partial charge is 0.330 e. The van der Waals surface area contributed by atoms with Crippen LogP contribution >= 0.6 is 15.9 Å². The highest BCUT2D eigenvalue weighted by Gasteiger charge is 2.32. The topological polar surface area (TPSA) is 29.3 Å². The first-order valence-corrected chi connectivity index (χ1v) is 7.35. The van der Waals surface area contributed by atoms with Crippen LogP contribution in [0.15, 0.2) is 22.7 Å². The van der Waals surface area contributed by atoms with Crippen molar-refractivity contribution < 1.29 is 4.39 Å². The highest BCUT2D eigenvalue weighted by atomic mass is 79.9. The van der Waals surface area contributed by atoms with E-state index in [1.165, 1.54) is 0 Å². The second kappa shape index (κ2) is 6.13. The van der Waals surface area contributed by atoms with Gasteiger partial charge in [-0.25, -0.2) is 4.39 Å². The number of likely N-dealkylation sites (tertiary alicyclic amines) is 1. The van der Waals surface area contributed by atoms with Crippen molar-refractivity contribution >= 4 is 15.9 Å². The number of nitrogens with zero attached hydrogens (tertiary/aromatic N) is 1. The molecule has 2 unspecified atom stereocenters. The molecule has 0 amide bonds. The maximum Gasteiger partial charge on any atom is 0.129 e. The Bertz CT molecular complexity index is 399. The molecule has 2 rings (SSSR count). The van der Waals surface area contributed by atoms with Gasteiger partial charge in [-0.3, -0.25) is 4.90 Å². The standard InChI is InChI=1S/C14H20BrFN2/c1-2-18-7-3-4-10(9-17)14(18)12-6-5-11(15)8-13(12)16/h5-6,8,10,14H,2-4,7,9,17H2,1H3. The number of hydrogen-bond donors (Lipinski definition) is 1. The van der Waals surface area contributed by atoms with E-state index in [1.54, 1.807) is 6.07 Å². The minimum Gasteiger partial charge on any atom is -0.330 e. The molecule has 18 heavy (non-hydrogen) atoms. The Labute approximate surface area is 116 Å². The minimum atomic E-state index is -0.131. The van der Waals surface area contributed by atoms with Crippen LogP contribution in [0.5, 0.6) is 0 Å². The third-order valence-corrected chi connectivity index (χ3v) is 4.34. The van der Waals surface area contributed by atoms with Crippen LogP contribution < -0.4 is 5.73 Å². The Balaban J connectivity index is 2.36. The van der Waals surface area contributed by atoms with Gasteiger partial charge in [-0.15, -0.1) is 0 Å². The summed E-state index contributed by atoms with van der Waals surface area (Å²) in [4.78, 5) is 2.34. The van der Waals surface area contributed by atoms with Gasteiger partial charge in [-0.1, -0.05) is 28.9 Å². The van der Waals surface area contributed by atoms with Crippen molar-refractivity contribution in [2.45, 2.75) is 25.8 Å². The molecule has 1 aromatic carbocycles. The molecule has 100 valence electrons. The predicted molar refractivity (Wildman–Crippen MR) is 75.9 cm³/mol. The van der Waals surface area contributed by atoms with Gasteiger partial charge in [0.1, 0.15) is 5.82 Å². The number of rotatable bonds is 3. The highest BCUT2D eigenvalue weighted by Crippen LogP contribution is 2.37. The van der Waals surface area contributed by atoms with E-state index in [0.717, 1.165) is 36.0 Å². The monoisotopic (exact) mass is 314 g/mol. The summed E-state index contributed by atoms with van der Waals surface area (Å²) in [6.45, 7) is 4.73. The fraction of sp³-hybridized carbons (Fsp3) is 0.571. The van der Waals surface area contributed by atoms with E-state index >= 15 is 0 Å². The molecule has 0 saturated carbocycles. The van der Waals surface area contributed by atoms with E-state index < -0.39 is 0 Å². The Morgan fingerprint density at radius 3 is 2.89 bits per heavy atom. The Morgan fingerprint density at radius 1 is 1.50 bits per heavy atom. The van der Waals surface area contributed by atoms with Gasteiger partial charge in [0, 0.05) is 16.1 Å². The van der Waals surface area contributed by atoms with Crippen LogP contribution in [-0.2, 0) is 0 Å². The summed E-state index contributed by atoms with van der Waals surface area (Å²) in [6, 6.07) is 5.47. The highest BCUT2D eigenvalue weighted by molar-refractivity contribution is 9.10. The number of piperidine rings is 1. The van der Waals surface area contributed by atoms with Crippen LogP contribution in [-0.4, -0.2) is 24.5 Å². The number of benzene rings is 1. The molecule has 2 atom stereocenters. The van der Waals surface area contributed by atoms with Crippen LogP contribution in [0.4, 0.5) is 4.39 Å². The van der Waals surface area contributed by atoms with Crippen molar-refractivity contribution in [2.75, 3.05) is 19.6 Å². The van der Waals surface area contributed by atoms with E-state index in [1.807, 2.05) is 12.1 Å². The summed E-state index contributed by atoms with van der Waals surface area (Å²) in [5.74, 6) is 0.225. The number of nitrogens with two attached hydrogens (primary N) is 1. The zero-order chi connectivity index (χ0) is 13.1. The maximum atomic E-state index is 14.2. The SMILES string of the molecule is CCN1CCCC(CN)C1c1ccc(Br)cc1F. The quantitative estimate of drug-likeness (QED) is 0.927. The van der Waals surface area contributed by atoms with E-state index in [-0.39, 0.29) is 11.9 Å². The second-order valence-corrected chi connectivity index (χ2v) is 5.79. The lowest BCUT2D eigenvalue weighted by Gasteiger charge is -2.41. The summed E-state index contributed by atoms with van der Waals surface area (Å²) in [7, 11) is 0. The number of hydrogen-bond acceptors (Lipinski definition) is 2. The summed E-state index contributed by atoms with van der Waals surface area (Å²) < 4.78 is 14.9. The molecule has 0 aliphatic carbocycles. The van der Waals surface area contributed by atoms with Gasteiger partial charge in [0.05, 0.1) is 0 Å². The van der Waals surface area contributed by atoms with Crippen molar-refractivity contribution in [3.8, 4) is 0 Å². The molecule has 0 bridgehead atoms. The van der Waals surface area contributed by atoms with Crippen molar-refractivity contribution in [3.63, 3.8) is 0 Å². The molecule has 1 aliphatic heterocycles. The van der Waals surface area contributed by atoms with Crippen molar-refractivity contribution in [2.24, 2.45) is 11.7 Å². The first kappa shape index (κ1) is 14.0. The Morgan fingerprint density at radius 2 is 2.28 bits per heavy atom. The predicted octanol–water partition coefficient (Wildman–Crippen LogP) is 3.32. The van der Waals surface area contributed by atoms with E-state index in [9.17, 15) is 4.39 Å². The fourth-order valence-corrected chi connectivity index (χ4v) is 3.28. The third-order valence-electron chi connectivity index (χ3n) is 3.85. The average molecular weight is 315 g/mol. The van der Waals surface area contributed by atoms with Gasteiger partial charge < -0.3 is 5.73 Å². The average Bonchev–Trinajstić information content (AvgIpc) is 2.38. The summed E-state index contributed by atoms with van der Waals surface area (Å²) in [5, 5.41) is 0. The molecule has 2 nitrogen and oxygen atoms in total. The lowest BCUT2D eigenvalue weighted by atomic mass is 9.84. The van der Waals surface area contributed by atoms with Crippen LogP contribution in [0, 0.1) is 11.7 Å². The van der Waals surface area contributed by atoms with E-state index in [2.05, 4.69) is 27.8 Å². The molecule has 1 fully saturated rings. The molecule has 2 N–H and O–H groups in total. The fourth-order valence-electron chi connectivity index (χ4n) is 2.95. The molecule has 0 aromatic heterocycles. The van der Waals surface area contributed by atoms with E-state index in [4.69, 9.17) is 5.73 Å². The maximum absolute atomic E-state index is 14.2. The molecular weight excluding hydrogens is 295 g/mol. The van der Waals surface area contributed by atoms with Gasteiger partial charge in [-0.2, -0.15) is 0 Å². The van der Waals surface area contributed by atoms with Gasteiger partial charge >= 0.3 is 0 Å². The lowest BCUT2D eigenvalue weighted by Crippen LogP contribution is -2.41. The first-order chi connectivity index (χ1) is 8.67. The number of halogens is 2. The van der Waals surface area contributed by atoms with Crippen LogP contribution in [0.25, 0.3) is 0 Å². The van der Waals surface area contributed by atoms with Crippen LogP contribution in [0.1, 0.15) is 31.4 Å². The Kier molecular flexibility index (Phi) is 4.76. The lowest BCUT2D eigenvalue weighted by molar-refractivity contribution is 0.0992. The van der Waals surface area contributed by atoms with Gasteiger partial charge in [-0.05, 0) is 50.5 Å². The summed E-state index contributed by atoms with van der Waals surface area (Å²) >= 11 is 3.31. The molecular formula is C14H20BrFN2. The van der Waals surface area contributed by atoms with Crippen molar-refractivity contribution in [1.29, 1.82) is 0 Å². The zero-order valence-corrected chi connectivity index (χ0v) is 12.3. The van der Waals surface area contributed by atoms with Gasteiger partial charge in [0.25, 0.3) is 0 Å². The van der Waals surface area contributed by atoms with E-state index in [0.29, 0.717) is 12.5 Å². The van der Waals surface area contributed by atoms with Crippen molar-refractivity contribution in [1.82, 2.24) is 4.90 Å².